The lowest BCUT2D eigenvalue weighted by Crippen LogP contribution is -2.50. The number of rotatable bonds is 10. The first-order chi connectivity index (χ1) is 18.7. The fourth-order valence-corrected chi connectivity index (χ4v) is 4.74. The summed E-state index contributed by atoms with van der Waals surface area (Å²) in [5.74, 6) is -2.18. The van der Waals surface area contributed by atoms with Crippen LogP contribution in [0.15, 0.2) is 72.8 Å². The van der Waals surface area contributed by atoms with Crippen molar-refractivity contribution in [3.8, 4) is 5.75 Å². The molecule has 0 unspecified atom stereocenters. The minimum Gasteiger partial charge on any atom is -0.491 e. The molecule has 39 heavy (non-hydrogen) atoms. The Morgan fingerprint density at radius 1 is 1.13 bits per heavy atom. The van der Waals surface area contributed by atoms with Crippen molar-refractivity contribution in [2.24, 2.45) is 0 Å². The maximum Gasteiger partial charge on any atom is 0.325 e. The van der Waals surface area contributed by atoms with E-state index in [9.17, 15) is 23.9 Å². The highest BCUT2D eigenvalue weighted by molar-refractivity contribution is 14.1. The predicted molar refractivity (Wildman–Crippen MR) is 150 cm³/mol. The van der Waals surface area contributed by atoms with Gasteiger partial charge in [0.15, 0.2) is 0 Å². The van der Waals surface area contributed by atoms with Gasteiger partial charge in [0.05, 0.1) is 12.3 Å². The van der Waals surface area contributed by atoms with Crippen LogP contribution in [0.3, 0.4) is 0 Å². The van der Waals surface area contributed by atoms with Crippen LogP contribution in [-0.2, 0) is 9.59 Å². The molecule has 0 bridgehead atoms. The first kappa shape index (κ1) is 28.5. The van der Waals surface area contributed by atoms with Gasteiger partial charge in [0.1, 0.15) is 36.4 Å². The number of aliphatic hydroxyl groups excluding tert-OH is 2. The lowest BCUT2D eigenvalue weighted by Gasteiger charge is -2.30. The lowest BCUT2D eigenvalue weighted by molar-refractivity contribution is -0.134. The van der Waals surface area contributed by atoms with Crippen LogP contribution in [0.25, 0.3) is 0 Å². The highest BCUT2D eigenvalue weighted by Crippen LogP contribution is 2.32. The van der Waals surface area contributed by atoms with E-state index >= 15 is 0 Å². The number of urea groups is 1. The molecular formula is C28H27FIN3O6. The summed E-state index contributed by atoms with van der Waals surface area (Å²) < 4.78 is 20.6. The molecule has 4 atom stereocenters. The molecule has 1 fully saturated rings. The van der Waals surface area contributed by atoms with Crippen LogP contribution >= 0.6 is 22.6 Å². The van der Waals surface area contributed by atoms with Gasteiger partial charge in [-0.3, -0.25) is 9.59 Å². The molecule has 3 aromatic carbocycles. The Labute approximate surface area is 238 Å². The molecule has 1 saturated heterocycles. The van der Waals surface area contributed by atoms with Crippen LogP contribution in [0.4, 0.5) is 14.9 Å². The number of carbonyl (C=O) groups excluding carboxylic acids is 3. The molecule has 3 aromatic rings. The number of ether oxygens (including phenoxy) is 1. The molecule has 4 amide bonds. The zero-order valence-corrected chi connectivity index (χ0v) is 23.0. The van der Waals surface area contributed by atoms with Crippen LogP contribution in [0, 0.1) is 9.39 Å². The van der Waals surface area contributed by atoms with Crippen LogP contribution < -0.4 is 15.4 Å². The standard InChI is InChI=1S/C28H27FIN3O6/c1-16(17-5-3-2-4-6-17)25(26(36)31-23-12-9-19(30)13-22(23)29)33-27(37)24(32-28(33)38)18-7-10-21(11-8-18)39-15-20(35)14-34/h2-13,16,20,24-25,34-35H,14-15H2,1H3,(H,31,36)(H,32,38)/t16-,20+,24-,25-/m0/s1. The lowest BCUT2D eigenvalue weighted by atomic mass is 9.91. The third-order valence-electron chi connectivity index (χ3n) is 6.37. The number of anilines is 1. The minimum atomic E-state index is -1.27. The second-order valence-electron chi connectivity index (χ2n) is 9.06. The Balaban J connectivity index is 1.60. The molecule has 0 saturated carbocycles. The van der Waals surface area contributed by atoms with Gasteiger partial charge in [-0.1, -0.05) is 49.4 Å². The van der Waals surface area contributed by atoms with Crippen molar-refractivity contribution < 1.29 is 33.7 Å². The van der Waals surface area contributed by atoms with Gasteiger partial charge in [-0.05, 0) is 64.0 Å². The van der Waals surface area contributed by atoms with E-state index in [1.807, 2.05) is 28.7 Å². The molecule has 0 spiro atoms. The molecule has 0 radical (unpaired) electrons. The summed E-state index contributed by atoms with van der Waals surface area (Å²) in [4.78, 5) is 41.2. The summed E-state index contributed by atoms with van der Waals surface area (Å²) >= 11 is 1.95. The predicted octanol–water partition coefficient (Wildman–Crippen LogP) is 3.57. The molecule has 4 rings (SSSR count). The van der Waals surface area contributed by atoms with E-state index in [4.69, 9.17) is 9.84 Å². The molecule has 4 N–H and O–H groups in total. The minimum absolute atomic E-state index is 0.0591. The van der Waals surface area contributed by atoms with Gasteiger partial charge < -0.3 is 25.6 Å². The summed E-state index contributed by atoms with van der Waals surface area (Å²) in [6.45, 7) is 1.17. The molecule has 1 aliphatic heterocycles. The van der Waals surface area contributed by atoms with Crippen molar-refractivity contribution in [3.63, 3.8) is 0 Å². The Kier molecular flexibility index (Phi) is 9.15. The van der Waals surface area contributed by atoms with Crippen molar-refractivity contribution in [1.29, 1.82) is 0 Å². The number of amides is 4. The summed E-state index contributed by atoms with van der Waals surface area (Å²) in [5, 5.41) is 23.6. The number of hydrogen-bond acceptors (Lipinski definition) is 6. The molecule has 9 nitrogen and oxygen atoms in total. The number of imide groups is 1. The maximum absolute atomic E-state index is 14.5. The Morgan fingerprint density at radius 2 is 1.82 bits per heavy atom. The normalized spacial score (nSPS) is 17.4. The van der Waals surface area contributed by atoms with Crippen molar-refractivity contribution in [2.45, 2.75) is 31.0 Å². The average molecular weight is 647 g/mol. The summed E-state index contributed by atoms with van der Waals surface area (Å²) in [7, 11) is 0. The highest BCUT2D eigenvalue weighted by atomic mass is 127. The highest BCUT2D eigenvalue weighted by Gasteiger charge is 2.47. The third kappa shape index (κ3) is 6.54. The topological polar surface area (TPSA) is 128 Å². The van der Waals surface area contributed by atoms with Crippen LogP contribution in [0.2, 0.25) is 0 Å². The number of carbonyl (C=O) groups is 3. The van der Waals surface area contributed by atoms with Crippen molar-refractivity contribution >= 4 is 46.1 Å². The van der Waals surface area contributed by atoms with Crippen LogP contribution in [0.1, 0.15) is 30.0 Å². The van der Waals surface area contributed by atoms with Crippen molar-refractivity contribution in [3.05, 3.63) is 93.3 Å². The Bertz CT molecular complexity index is 1340. The SMILES string of the molecule is C[C@@H](c1ccccc1)[C@@H](C(=O)Nc1ccc(I)cc1F)N1C(=O)N[C@@H](c2ccc(OC[C@H](O)CO)cc2)C1=O. The maximum atomic E-state index is 14.5. The second kappa shape index (κ2) is 12.5. The van der Waals surface area contributed by atoms with Gasteiger partial charge in [-0.25, -0.2) is 14.1 Å². The fourth-order valence-electron chi connectivity index (χ4n) is 4.29. The largest absolute Gasteiger partial charge is 0.491 e. The van der Waals surface area contributed by atoms with Gasteiger partial charge in [0.25, 0.3) is 5.91 Å². The molecule has 0 aliphatic carbocycles. The second-order valence-corrected chi connectivity index (χ2v) is 10.3. The van der Waals surface area contributed by atoms with Gasteiger partial charge >= 0.3 is 6.03 Å². The zero-order valence-electron chi connectivity index (χ0n) is 20.9. The molecular weight excluding hydrogens is 620 g/mol. The van der Waals surface area contributed by atoms with Crippen molar-refractivity contribution in [2.75, 3.05) is 18.5 Å². The molecule has 204 valence electrons. The number of nitrogens with one attached hydrogen (secondary N) is 2. The Morgan fingerprint density at radius 3 is 2.46 bits per heavy atom. The van der Waals surface area contributed by atoms with Gasteiger partial charge in [-0.15, -0.1) is 0 Å². The molecule has 1 aliphatic rings. The number of hydrogen-bond donors (Lipinski definition) is 4. The van der Waals surface area contributed by atoms with Gasteiger partial charge in [-0.2, -0.15) is 0 Å². The number of nitrogens with zero attached hydrogens (tertiary/aromatic N) is 1. The zero-order chi connectivity index (χ0) is 28.1. The summed E-state index contributed by atoms with van der Waals surface area (Å²) in [6, 6.07) is 16.5. The van der Waals surface area contributed by atoms with E-state index in [1.165, 1.54) is 12.1 Å². The Hall–Kier alpha value is -3.55. The van der Waals surface area contributed by atoms with Crippen LogP contribution in [-0.4, -0.2) is 58.3 Å². The molecule has 1 heterocycles. The van der Waals surface area contributed by atoms with E-state index in [2.05, 4.69) is 10.6 Å². The molecule has 11 heteroatoms. The summed E-state index contributed by atoms with van der Waals surface area (Å²) in [6.07, 6.45) is -1.03. The molecule has 0 aromatic heterocycles. The average Bonchev–Trinajstić information content (AvgIpc) is 3.23. The van der Waals surface area contributed by atoms with E-state index < -0.39 is 54.4 Å². The first-order valence-corrected chi connectivity index (χ1v) is 13.2. The van der Waals surface area contributed by atoms with Gasteiger partial charge in [0.2, 0.25) is 5.91 Å². The van der Waals surface area contributed by atoms with E-state index in [-0.39, 0.29) is 12.3 Å². The third-order valence-corrected chi connectivity index (χ3v) is 7.04. The fraction of sp³-hybridized carbons (Fsp3) is 0.250. The van der Waals surface area contributed by atoms with Crippen LogP contribution in [0.5, 0.6) is 5.75 Å². The first-order valence-electron chi connectivity index (χ1n) is 12.2. The number of aliphatic hydroxyl groups is 2. The monoisotopic (exact) mass is 647 g/mol. The van der Waals surface area contributed by atoms with E-state index in [0.717, 1.165) is 10.5 Å². The summed E-state index contributed by atoms with van der Waals surface area (Å²) in [5.41, 5.74) is 1.12. The number of halogens is 2. The number of benzene rings is 3. The van der Waals surface area contributed by atoms with E-state index in [0.29, 0.717) is 14.9 Å². The quantitative estimate of drug-likeness (QED) is 0.197. The van der Waals surface area contributed by atoms with Gasteiger partial charge in [0, 0.05) is 9.49 Å². The van der Waals surface area contributed by atoms with E-state index in [1.54, 1.807) is 61.5 Å². The van der Waals surface area contributed by atoms with Crippen molar-refractivity contribution in [1.82, 2.24) is 10.2 Å². The smallest absolute Gasteiger partial charge is 0.325 e.